The van der Waals surface area contributed by atoms with Crippen LogP contribution in [0.3, 0.4) is 0 Å². The molecule has 9 heteroatoms. The fraction of sp³-hybridized carbons (Fsp3) is 0.238. The van der Waals surface area contributed by atoms with Crippen molar-refractivity contribution in [3.8, 4) is 5.69 Å². The minimum absolute atomic E-state index is 0.163. The van der Waals surface area contributed by atoms with Crippen molar-refractivity contribution in [2.45, 2.75) is 23.3 Å². The highest BCUT2D eigenvalue weighted by molar-refractivity contribution is 7.98. The summed E-state index contributed by atoms with van der Waals surface area (Å²) in [5, 5.41) is 2.81. The summed E-state index contributed by atoms with van der Waals surface area (Å²) in [5.41, 5.74) is 1.83. The number of likely N-dealkylation sites (N-methyl/N-ethyl adjacent to an activating group) is 1. The number of amides is 1. The first-order valence-electron chi connectivity index (χ1n) is 9.28. The molecule has 0 saturated carbocycles. The fourth-order valence-corrected chi connectivity index (χ4v) is 4.53. The van der Waals surface area contributed by atoms with Crippen LogP contribution in [0.1, 0.15) is 11.4 Å². The largest absolute Gasteiger partial charge is 0.351 e. The molecular formula is C21H24N4O3S2. The van der Waals surface area contributed by atoms with Gasteiger partial charge in [0.1, 0.15) is 5.82 Å². The third kappa shape index (κ3) is 4.92. The van der Waals surface area contributed by atoms with Crippen LogP contribution in [-0.4, -0.2) is 48.0 Å². The first-order valence-corrected chi connectivity index (χ1v) is 11.9. The standard InChI is InChI=1S/C21H24N4O3S2/c1-16-22-12-13-25(16)20-7-5-4-6-17(20)14-23-21(26)15-24(2)30(27,28)19-10-8-18(29-3)9-11-19/h4-13H,14-15H2,1-3H3,(H,23,26). The van der Waals surface area contributed by atoms with Crippen LogP contribution in [0.25, 0.3) is 5.69 Å². The van der Waals surface area contributed by atoms with E-state index in [9.17, 15) is 13.2 Å². The van der Waals surface area contributed by atoms with Gasteiger partial charge in [0, 0.05) is 30.9 Å². The van der Waals surface area contributed by atoms with E-state index < -0.39 is 10.0 Å². The molecule has 0 fully saturated rings. The molecular weight excluding hydrogens is 420 g/mol. The molecule has 3 aromatic rings. The summed E-state index contributed by atoms with van der Waals surface area (Å²) in [5.74, 6) is 0.464. The molecule has 0 radical (unpaired) electrons. The predicted molar refractivity (Wildman–Crippen MR) is 118 cm³/mol. The van der Waals surface area contributed by atoms with E-state index in [1.165, 1.54) is 18.8 Å². The monoisotopic (exact) mass is 444 g/mol. The number of aromatic nitrogens is 2. The maximum Gasteiger partial charge on any atom is 0.243 e. The molecule has 0 saturated heterocycles. The number of thioether (sulfide) groups is 1. The number of sulfonamides is 1. The smallest absolute Gasteiger partial charge is 0.243 e. The van der Waals surface area contributed by atoms with Gasteiger partial charge in [-0.15, -0.1) is 11.8 Å². The van der Waals surface area contributed by atoms with Gasteiger partial charge >= 0.3 is 0 Å². The normalized spacial score (nSPS) is 11.6. The summed E-state index contributed by atoms with van der Waals surface area (Å²) in [4.78, 5) is 17.8. The van der Waals surface area contributed by atoms with E-state index in [2.05, 4.69) is 10.3 Å². The van der Waals surface area contributed by atoms with Gasteiger partial charge in [-0.1, -0.05) is 18.2 Å². The number of hydrogen-bond donors (Lipinski definition) is 1. The van der Waals surface area contributed by atoms with Gasteiger partial charge < -0.3 is 9.88 Å². The van der Waals surface area contributed by atoms with Crippen LogP contribution in [-0.2, 0) is 21.4 Å². The number of hydrogen-bond acceptors (Lipinski definition) is 5. The van der Waals surface area contributed by atoms with Crippen LogP contribution in [0, 0.1) is 6.92 Å². The average molecular weight is 445 g/mol. The molecule has 158 valence electrons. The van der Waals surface area contributed by atoms with Gasteiger partial charge in [-0.3, -0.25) is 4.79 Å². The van der Waals surface area contributed by atoms with Gasteiger partial charge in [0.15, 0.2) is 0 Å². The number of carbonyl (C=O) groups excluding carboxylic acids is 1. The Morgan fingerprint density at radius 3 is 2.50 bits per heavy atom. The SMILES string of the molecule is CSc1ccc(S(=O)(=O)N(C)CC(=O)NCc2ccccc2-n2ccnc2C)cc1. The Bertz CT molecular complexity index is 1130. The molecule has 1 aromatic heterocycles. The number of para-hydroxylation sites is 1. The lowest BCUT2D eigenvalue weighted by atomic mass is 10.1. The molecule has 1 amide bonds. The number of benzene rings is 2. The van der Waals surface area contributed by atoms with Crippen molar-refractivity contribution < 1.29 is 13.2 Å². The van der Waals surface area contributed by atoms with E-state index in [4.69, 9.17) is 0 Å². The molecule has 7 nitrogen and oxygen atoms in total. The van der Waals surface area contributed by atoms with E-state index in [0.29, 0.717) is 0 Å². The quantitative estimate of drug-likeness (QED) is 0.540. The van der Waals surface area contributed by atoms with Crippen molar-refractivity contribution in [3.63, 3.8) is 0 Å². The van der Waals surface area contributed by atoms with Gasteiger partial charge in [0.2, 0.25) is 15.9 Å². The Morgan fingerprint density at radius 1 is 1.17 bits per heavy atom. The highest BCUT2D eigenvalue weighted by Crippen LogP contribution is 2.20. The summed E-state index contributed by atoms with van der Waals surface area (Å²) in [7, 11) is -2.34. The summed E-state index contributed by atoms with van der Waals surface area (Å²) in [6, 6.07) is 14.3. The van der Waals surface area contributed by atoms with Crippen LogP contribution in [0.2, 0.25) is 0 Å². The van der Waals surface area contributed by atoms with Crippen LogP contribution in [0.4, 0.5) is 0 Å². The van der Waals surface area contributed by atoms with Crippen LogP contribution >= 0.6 is 11.8 Å². The molecule has 1 heterocycles. The summed E-state index contributed by atoms with van der Waals surface area (Å²) < 4.78 is 28.4. The average Bonchev–Trinajstić information content (AvgIpc) is 3.18. The van der Waals surface area contributed by atoms with E-state index in [1.54, 1.807) is 30.5 Å². The Hall–Kier alpha value is -2.62. The molecule has 1 N–H and O–H groups in total. The van der Waals surface area contributed by atoms with Crippen molar-refractivity contribution in [1.29, 1.82) is 0 Å². The van der Waals surface area contributed by atoms with Crippen LogP contribution < -0.4 is 5.32 Å². The second-order valence-electron chi connectivity index (χ2n) is 6.69. The summed E-state index contributed by atoms with van der Waals surface area (Å²) in [6.45, 7) is 1.92. The number of nitrogens with one attached hydrogen (secondary N) is 1. The van der Waals surface area contributed by atoms with Crippen molar-refractivity contribution >= 4 is 27.7 Å². The van der Waals surface area contributed by atoms with Gasteiger partial charge in [-0.05, 0) is 49.1 Å². The maximum atomic E-state index is 12.7. The highest BCUT2D eigenvalue weighted by Gasteiger charge is 2.23. The number of aryl methyl sites for hydroxylation is 1. The first kappa shape index (κ1) is 22.1. The zero-order valence-corrected chi connectivity index (χ0v) is 18.7. The fourth-order valence-electron chi connectivity index (χ4n) is 2.99. The van der Waals surface area contributed by atoms with Crippen LogP contribution in [0.15, 0.2) is 70.7 Å². The molecule has 0 aliphatic heterocycles. The maximum absolute atomic E-state index is 12.7. The zero-order chi connectivity index (χ0) is 21.7. The zero-order valence-electron chi connectivity index (χ0n) is 17.1. The lowest BCUT2D eigenvalue weighted by molar-refractivity contribution is -0.121. The van der Waals surface area contributed by atoms with Gasteiger partial charge in [-0.2, -0.15) is 4.31 Å². The molecule has 0 aliphatic rings. The molecule has 3 rings (SSSR count). The van der Waals surface area contributed by atoms with Gasteiger partial charge in [0.25, 0.3) is 0 Å². The lowest BCUT2D eigenvalue weighted by Crippen LogP contribution is -2.38. The number of nitrogens with zero attached hydrogens (tertiary/aromatic N) is 3. The third-order valence-corrected chi connectivity index (χ3v) is 7.25. The Balaban J connectivity index is 1.66. The van der Waals surface area contributed by atoms with Gasteiger partial charge in [0.05, 0.1) is 17.1 Å². The Morgan fingerprint density at radius 2 is 1.87 bits per heavy atom. The van der Waals surface area contributed by atoms with E-state index >= 15 is 0 Å². The first-order chi connectivity index (χ1) is 14.3. The Kier molecular flexibility index (Phi) is 6.96. The van der Waals surface area contributed by atoms with Crippen LogP contribution in [0.5, 0.6) is 0 Å². The highest BCUT2D eigenvalue weighted by atomic mass is 32.2. The second-order valence-corrected chi connectivity index (χ2v) is 9.61. The van der Waals surface area contributed by atoms with E-state index in [0.717, 1.165) is 26.3 Å². The minimum atomic E-state index is -3.74. The molecule has 0 aliphatic carbocycles. The lowest BCUT2D eigenvalue weighted by Gasteiger charge is -2.18. The molecule has 0 spiro atoms. The van der Waals surface area contributed by atoms with Crippen molar-refractivity contribution in [2.24, 2.45) is 0 Å². The minimum Gasteiger partial charge on any atom is -0.351 e. The molecule has 0 unspecified atom stereocenters. The molecule has 0 bridgehead atoms. The molecule has 30 heavy (non-hydrogen) atoms. The summed E-state index contributed by atoms with van der Waals surface area (Å²) in [6.07, 6.45) is 5.50. The number of rotatable bonds is 8. The summed E-state index contributed by atoms with van der Waals surface area (Å²) >= 11 is 1.53. The van der Waals surface area contributed by atoms with Gasteiger partial charge in [-0.25, -0.2) is 13.4 Å². The number of carbonyl (C=O) groups is 1. The van der Waals surface area contributed by atoms with Crippen molar-refractivity contribution in [2.75, 3.05) is 19.8 Å². The molecule has 2 aromatic carbocycles. The molecule has 0 atom stereocenters. The third-order valence-electron chi connectivity index (χ3n) is 4.69. The van der Waals surface area contributed by atoms with E-state index in [1.807, 2.05) is 48.2 Å². The second kappa shape index (κ2) is 9.46. The topological polar surface area (TPSA) is 84.3 Å². The Labute approximate surface area is 181 Å². The van der Waals surface area contributed by atoms with E-state index in [-0.39, 0.29) is 23.9 Å². The van der Waals surface area contributed by atoms with Crippen molar-refractivity contribution in [1.82, 2.24) is 19.2 Å². The van der Waals surface area contributed by atoms with Crippen molar-refractivity contribution in [3.05, 3.63) is 72.3 Å². The predicted octanol–water partition coefficient (Wildman–Crippen LogP) is 2.84. The number of imidazole rings is 1.